The van der Waals surface area contributed by atoms with Crippen LogP contribution in [0.5, 0.6) is 5.75 Å². The van der Waals surface area contributed by atoms with Crippen molar-refractivity contribution in [1.82, 2.24) is 4.98 Å². The maximum atomic E-state index is 12.1. The van der Waals surface area contributed by atoms with Gasteiger partial charge in [-0.05, 0) is 48.9 Å². The predicted octanol–water partition coefficient (Wildman–Crippen LogP) is 4.41. The summed E-state index contributed by atoms with van der Waals surface area (Å²) in [6, 6.07) is 21.0. The third kappa shape index (κ3) is 5.08. The normalized spacial score (nSPS) is 10.2. The van der Waals surface area contributed by atoms with Crippen molar-refractivity contribution in [3.63, 3.8) is 0 Å². The summed E-state index contributed by atoms with van der Waals surface area (Å²) in [6.07, 6.45) is 1.98. The Hall–Kier alpha value is -3.34. The quantitative estimate of drug-likeness (QED) is 0.665. The third-order valence-electron chi connectivity index (χ3n) is 3.69. The summed E-state index contributed by atoms with van der Waals surface area (Å²) < 4.78 is 5.42. The van der Waals surface area contributed by atoms with E-state index in [0.29, 0.717) is 24.5 Å². The largest absolute Gasteiger partial charge is 0.494 e. The van der Waals surface area contributed by atoms with Crippen LogP contribution >= 0.6 is 0 Å². The zero-order valence-corrected chi connectivity index (χ0v) is 14.6. The van der Waals surface area contributed by atoms with Gasteiger partial charge in [0.05, 0.1) is 24.9 Å². The molecule has 0 radical (unpaired) electrons. The summed E-state index contributed by atoms with van der Waals surface area (Å²) in [5, 5.41) is 6.07. The van der Waals surface area contributed by atoms with Gasteiger partial charge in [0.1, 0.15) is 11.6 Å². The minimum atomic E-state index is -0.0646. The third-order valence-corrected chi connectivity index (χ3v) is 3.69. The molecule has 26 heavy (non-hydrogen) atoms. The highest BCUT2D eigenvalue weighted by Gasteiger charge is 2.04. The van der Waals surface area contributed by atoms with Crippen LogP contribution in [0.2, 0.25) is 0 Å². The number of amides is 1. The summed E-state index contributed by atoms with van der Waals surface area (Å²) in [7, 11) is 0. The van der Waals surface area contributed by atoms with Crippen molar-refractivity contribution in [3.8, 4) is 5.75 Å². The van der Waals surface area contributed by atoms with Gasteiger partial charge in [-0.1, -0.05) is 30.3 Å². The molecule has 2 aromatic carbocycles. The SMILES string of the molecule is CCOc1ccc(Nc2ccc(NC(=O)Cc3ccccc3)cn2)cc1. The van der Waals surface area contributed by atoms with Gasteiger partial charge in [-0.2, -0.15) is 0 Å². The molecule has 0 saturated heterocycles. The Morgan fingerprint density at radius 2 is 1.69 bits per heavy atom. The van der Waals surface area contributed by atoms with E-state index in [9.17, 15) is 4.79 Å². The van der Waals surface area contributed by atoms with Gasteiger partial charge in [-0.25, -0.2) is 4.98 Å². The minimum absolute atomic E-state index is 0.0646. The van der Waals surface area contributed by atoms with Crippen molar-refractivity contribution in [3.05, 3.63) is 78.5 Å². The zero-order chi connectivity index (χ0) is 18.2. The molecule has 0 fully saturated rings. The molecule has 3 aromatic rings. The molecule has 5 nitrogen and oxygen atoms in total. The first-order valence-corrected chi connectivity index (χ1v) is 8.52. The summed E-state index contributed by atoms with van der Waals surface area (Å²) in [5.74, 6) is 1.47. The topological polar surface area (TPSA) is 63.2 Å². The molecular weight excluding hydrogens is 326 g/mol. The van der Waals surface area contributed by atoms with Crippen LogP contribution in [0.3, 0.4) is 0 Å². The number of ether oxygens (including phenoxy) is 1. The number of aromatic nitrogens is 1. The second kappa shape index (κ2) is 8.67. The molecule has 0 aliphatic heterocycles. The van der Waals surface area contributed by atoms with E-state index < -0.39 is 0 Å². The number of anilines is 3. The number of carbonyl (C=O) groups is 1. The summed E-state index contributed by atoms with van der Waals surface area (Å²) >= 11 is 0. The van der Waals surface area contributed by atoms with Crippen LogP contribution in [-0.2, 0) is 11.2 Å². The van der Waals surface area contributed by atoms with Crippen LogP contribution in [0.25, 0.3) is 0 Å². The molecule has 1 amide bonds. The monoisotopic (exact) mass is 347 g/mol. The van der Waals surface area contributed by atoms with Crippen LogP contribution in [0, 0.1) is 0 Å². The Kier molecular flexibility index (Phi) is 5.83. The van der Waals surface area contributed by atoms with Crippen LogP contribution < -0.4 is 15.4 Å². The summed E-state index contributed by atoms with van der Waals surface area (Å²) in [4.78, 5) is 16.4. The van der Waals surface area contributed by atoms with Crippen LogP contribution in [0.4, 0.5) is 17.2 Å². The first-order chi connectivity index (χ1) is 12.7. The molecule has 2 N–H and O–H groups in total. The average molecular weight is 347 g/mol. The molecule has 0 bridgehead atoms. The van der Waals surface area contributed by atoms with E-state index in [1.165, 1.54) is 0 Å². The highest BCUT2D eigenvalue weighted by molar-refractivity contribution is 5.92. The minimum Gasteiger partial charge on any atom is -0.494 e. The van der Waals surface area contributed by atoms with E-state index in [0.717, 1.165) is 17.0 Å². The van der Waals surface area contributed by atoms with E-state index in [-0.39, 0.29) is 5.91 Å². The molecule has 1 heterocycles. The lowest BCUT2D eigenvalue weighted by Crippen LogP contribution is -2.14. The van der Waals surface area contributed by atoms with Gasteiger partial charge in [0, 0.05) is 5.69 Å². The van der Waals surface area contributed by atoms with Crippen LogP contribution in [0.15, 0.2) is 72.9 Å². The van der Waals surface area contributed by atoms with E-state index in [2.05, 4.69) is 15.6 Å². The lowest BCUT2D eigenvalue weighted by molar-refractivity contribution is -0.115. The first kappa shape index (κ1) is 17.5. The van der Waals surface area contributed by atoms with Crippen molar-refractivity contribution in [2.75, 3.05) is 17.2 Å². The highest BCUT2D eigenvalue weighted by atomic mass is 16.5. The molecular formula is C21H21N3O2. The molecule has 0 aliphatic carbocycles. The van der Waals surface area contributed by atoms with Crippen molar-refractivity contribution in [1.29, 1.82) is 0 Å². The van der Waals surface area contributed by atoms with Crippen LogP contribution in [0.1, 0.15) is 12.5 Å². The lowest BCUT2D eigenvalue weighted by atomic mass is 10.1. The fourth-order valence-electron chi connectivity index (χ4n) is 2.48. The molecule has 1 aromatic heterocycles. The molecule has 0 aliphatic rings. The smallest absolute Gasteiger partial charge is 0.228 e. The first-order valence-electron chi connectivity index (χ1n) is 8.52. The van der Waals surface area contributed by atoms with Crippen molar-refractivity contribution < 1.29 is 9.53 Å². The summed E-state index contributed by atoms with van der Waals surface area (Å²) in [6.45, 7) is 2.60. The second-order valence-corrected chi connectivity index (χ2v) is 5.73. The summed E-state index contributed by atoms with van der Waals surface area (Å²) in [5.41, 5.74) is 2.57. The maximum Gasteiger partial charge on any atom is 0.228 e. The van der Waals surface area contributed by atoms with E-state index in [1.807, 2.05) is 73.7 Å². The Bertz CT molecular complexity index is 831. The Balaban J connectivity index is 1.55. The number of nitrogens with one attached hydrogen (secondary N) is 2. The van der Waals surface area contributed by atoms with Gasteiger partial charge in [0.15, 0.2) is 0 Å². The average Bonchev–Trinajstić information content (AvgIpc) is 2.66. The highest BCUT2D eigenvalue weighted by Crippen LogP contribution is 2.19. The standard InChI is InChI=1S/C21H21N3O2/c1-2-26-19-11-8-17(9-12-19)23-20-13-10-18(15-22-20)24-21(25)14-16-6-4-3-5-7-16/h3-13,15H,2,14H2,1H3,(H,22,23)(H,24,25). The van der Waals surface area contributed by atoms with Gasteiger partial charge in [0.2, 0.25) is 5.91 Å². The van der Waals surface area contributed by atoms with Gasteiger partial charge < -0.3 is 15.4 Å². The van der Waals surface area contributed by atoms with Crippen molar-refractivity contribution in [2.45, 2.75) is 13.3 Å². The second-order valence-electron chi connectivity index (χ2n) is 5.73. The predicted molar refractivity (Wildman–Crippen MR) is 104 cm³/mol. The van der Waals surface area contributed by atoms with Gasteiger partial charge in [-0.15, -0.1) is 0 Å². The molecule has 132 valence electrons. The Morgan fingerprint density at radius 1 is 0.962 bits per heavy atom. The van der Waals surface area contributed by atoms with Gasteiger partial charge >= 0.3 is 0 Å². The Labute approximate surface area is 153 Å². The number of carbonyl (C=O) groups excluding carboxylic acids is 1. The fraction of sp³-hybridized carbons (Fsp3) is 0.143. The molecule has 0 atom stereocenters. The van der Waals surface area contributed by atoms with Gasteiger partial charge in [0.25, 0.3) is 0 Å². The zero-order valence-electron chi connectivity index (χ0n) is 14.6. The number of rotatable bonds is 7. The van der Waals surface area contributed by atoms with E-state index in [1.54, 1.807) is 6.20 Å². The van der Waals surface area contributed by atoms with E-state index in [4.69, 9.17) is 4.74 Å². The number of benzene rings is 2. The van der Waals surface area contributed by atoms with E-state index >= 15 is 0 Å². The molecule has 0 saturated carbocycles. The lowest BCUT2D eigenvalue weighted by Gasteiger charge is -2.09. The number of hydrogen-bond donors (Lipinski definition) is 2. The number of nitrogens with zero attached hydrogens (tertiary/aromatic N) is 1. The number of pyridine rings is 1. The number of hydrogen-bond acceptors (Lipinski definition) is 4. The van der Waals surface area contributed by atoms with Crippen molar-refractivity contribution >= 4 is 23.1 Å². The fourth-order valence-corrected chi connectivity index (χ4v) is 2.48. The van der Waals surface area contributed by atoms with Crippen molar-refractivity contribution in [2.24, 2.45) is 0 Å². The molecule has 0 unspecified atom stereocenters. The molecule has 3 rings (SSSR count). The maximum absolute atomic E-state index is 12.1. The Morgan fingerprint density at radius 3 is 2.35 bits per heavy atom. The van der Waals surface area contributed by atoms with Gasteiger partial charge in [-0.3, -0.25) is 4.79 Å². The van der Waals surface area contributed by atoms with Crippen LogP contribution in [-0.4, -0.2) is 17.5 Å². The molecule has 0 spiro atoms. The molecule has 5 heteroatoms.